The minimum atomic E-state index is -3.60. The molecule has 0 saturated carbocycles. The van der Waals surface area contributed by atoms with Crippen LogP contribution in [0.1, 0.15) is 25.3 Å². The molecule has 9 nitrogen and oxygen atoms in total. The van der Waals surface area contributed by atoms with Crippen molar-refractivity contribution in [2.75, 3.05) is 37.6 Å². The number of phenolic OH excluding ortho intramolecular Hbond substituents is 1. The zero-order valence-electron chi connectivity index (χ0n) is 19.2. The highest BCUT2D eigenvalue weighted by molar-refractivity contribution is 7.89. The zero-order chi connectivity index (χ0) is 24.5. The lowest BCUT2D eigenvalue weighted by Gasteiger charge is -2.41. The van der Waals surface area contributed by atoms with Gasteiger partial charge < -0.3 is 15.7 Å². The van der Waals surface area contributed by atoms with Gasteiger partial charge in [-0.25, -0.2) is 13.2 Å². The van der Waals surface area contributed by atoms with Crippen molar-refractivity contribution in [1.29, 1.82) is 5.41 Å². The van der Waals surface area contributed by atoms with Crippen molar-refractivity contribution in [3.05, 3.63) is 54.1 Å². The first-order valence-electron chi connectivity index (χ1n) is 11.4. The zero-order valence-corrected chi connectivity index (χ0v) is 20.0. The Kier molecular flexibility index (Phi) is 6.81. The maximum Gasteiger partial charge on any atom is 0.324 e. The average molecular weight is 486 g/mol. The van der Waals surface area contributed by atoms with Crippen molar-refractivity contribution < 1.29 is 18.3 Å². The molecule has 2 saturated heterocycles. The lowest BCUT2D eigenvalue weighted by atomic mass is 9.96. The quantitative estimate of drug-likeness (QED) is 0.428. The first kappa shape index (κ1) is 24.0. The van der Waals surface area contributed by atoms with E-state index in [2.05, 4.69) is 6.92 Å². The number of aromatic hydroxyl groups is 1. The maximum atomic E-state index is 13.3. The van der Waals surface area contributed by atoms with Crippen LogP contribution in [-0.4, -0.2) is 67.3 Å². The SMILES string of the molecule is CC1CN(CC2CCN(S(=O)(=O)c3ccc(O)cc3)CC2)C(=O)N(c2cccc(C(=N)N)c2)C1. The van der Waals surface area contributed by atoms with Crippen molar-refractivity contribution in [1.82, 2.24) is 9.21 Å². The molecular weight excluding hydrogens is 454 g/mol. The molecule has 2 heterocycles. The highest BCUT2D eigenvalue weighted by Crippen LogP contribution is 2.28. The summed E-state index contributed by atoms with van der Waals surface area (Å²) in [5.74, 6) is 0.477. The second-order valence-electron chi connectivity index (χ2n) is 9.21. The summed E-state index contributed by atoms with van der Waals surface area (Å²) in [6.45, 7) is 4.74. The van der Waals surface area contributed by atoms with E-state index in [1.807, 2.05) is 11.0 Å². The number of hydrogen-bond donors (Lipinski definition) is 3. The first-order valence-corrected chi connectivity index (χ1v) is 12.9. The van der Waals surface area contributed by atoms with Gasteiger partial charge in [-0.05, 0) is 61.1 Å². The Hall–Kier alpha value is -3.11. The summed E-state index contributed by atoms with van der Waals surface area (Å²) in [7, 11) is -3.60. The number of nitrogens with zero attached hydrogens (tertiary/aromatic N) is 3. The minimum absolute atomic E-state index is 0.0279. The number of nitrogen functional groups attached to an aromatic ring is 1. The van der Waals surface area contributed by atoms with Gasteiger partial charge in [-0.15, -0.1) is 0 Å². The summed E-state index contributed by atoms with van der Waals surface area (Å²) in [6.07, 6.45) is 1.35. The number of phenols is 1. The van der Waals surface area contributed by atoms with Gasteiger partial charge in [-0.3, -0.25) is 10.3 Å². The van der Waals surface area contributed by atoms with Crippen LogP contribution in [0.5, 0.6) is 5.75 Å². The van der Waals surface area contributed by atoms with Crippen LogP contribution in [0.2, 0.25) is 0 Å². The number of benzene rings is 2. The number of piperidine rings is 1. The van der Waals surface area contributed by atoms with E-state index in [4.69, 9.17) is 11.1 Å². The third-order valence-electron chi connectivity index (χ3n) is 6.52. The predicted octanol–water partition coefficient (Wildman–Crippen LogP) is 2.66. The molecule has 2 amide bonds. The normalized spacial score (nSPS) is 20.5. The number of amides is 2. The summed E-state index contributed by atoms with van der Waals surface area (Å²) in [5, 5.41) is 17.1. The minimum Gasteiger partial charge on any atom is -0.508 e. The van der Waals surface area contributed by atoms with E-state index in [0.29, 0.717) is 51.1 Å². The predicted molar refractivity (Wildman–Crippen MR) is 131 cm³/mol. The lowest BCUT2D eigenvalue weighted by molar-refractivity contribution is 0.154. The highest BCUT2D eigenvalue weighted by Gasteiger charge is 2.35. The van der Waals surface area contributed by atoms with E-state index in [1.54, 1.807) is 23.1 Å². The fourth-order valence-electron chi connectivity index (χ4n) is 4.69. The van der Waals surface area contributed by atoms with Crippen LogP contribution >= 0.6 is 0 Å². The third-order valence-corrected chi connectivity index (χ3v) is 8.44. The third kappa shape index (κ3) is 5.02. The van der Waals surface area contributed by atoms with Crippen molar-refractivity contribution >= 4 is 27.6 Å². The molecule has 0 bridgehead atoms. The Morgan fingerprint density at radius 2 is 1.79 bits per heavy atom. The smallest absolute Gasteiger partial charge is 0.324 e. The molecule has 2 fully saturated rings. The number of hydrogen-bond acceptors (Lipinski definition) is 5. The van der Waals surface area contributed by atoms with Gasteiger partial charge in [-0.2, -0.15) is 4.31 Å². The summed E-state index contributed by atoms with van der Waals surface area (Å²) >= 11 is 0. The number of amidine groups is 1. The first-order chi connectivity index (χ1) is 16.1. The van der Waals surface area contributed by atoms with Crippen LogP contribution in [0.3, 0.4) is 0 Å². The maximum absolute atomic E-state index is 13.3. The van der Waals surface area contributed by atoms with Gasteiger partial charge in [0.25, 0.3) is 0 Å². The van der Waals surface area contributed by atoms with Crippen molar-refractivity contribution in [2.45, 2.75) is 24.7 Å². The molecule has 1 unspecified atom stereocenters. The van der Waals surface area contributed by atoms with Gasteiger partial charge in [-0.1, -0.05) is 19.1 Å². The summed E-state index contributed by atoms with van der Waals surface area (Å²) in [5.41, 5.74) is 6.93. The number of nitrogens with one attached hydrogen (secondary N) is 1. The molecule has 34 heavy (non-hydrogen) atoms. The van der Waals surface area contributed by atoms with Gasteiger partial charge in [0.2, 0.25) is 10.0 Å². The fraction of sp³-hybridized carbons (Fsp3) is 0.417. The van der Waals surface area contributed by atoms with Crippen LogP contribution in [0.4, 0.5) is 10.5 Å². The molecule has 2 aliphatic heterocycles. The Labute approximate surface area is 200 Å². The Balaban J connectivity index is 1.40. The molecule has 1 atom stereocenters. The molecule has 4 rings (SSSR count). The molecule has 2 aromatic carbocycles. The van der Waals surface area contributed by atoms with Crippen molar-refractivity contribution in [3.8, 4) is 5.75 Å². The second kappa shape index (κ2) is 9.63. The molecule has 0 aromatic heterocycles. The van der Waals surface area contributed by atoms with E-state index in [0.717, 1.165) is 5.69 Å². The number of rotatable bonds is 6. The van der Waals surface area contributed by atoms with Crippen LogP contribution in [0.15, 0.2) is 53.4 Å². The molecule has 182 valence electrons. The monoisotopic (exact) mass is 485 g/mol. The van der Waals surface area contributed by atoms with Crippen molar-refractivity contribution in [2.24, 2.45) is 17.6 Å². The van der Waals surface area contributed by atoms with Crippen LogP contribution < -0.4 is 10.6 Å². The van der Waals surface area contributed by atoms with Gasteiger partial charge in [0.15, 0.2) is 0 Å². The van der Waals surface area contributed by atoms with Crippen LogP contribution in [0.25, 0.3) is 0 Å². The van der Waals surface area contributed by atoms with Crippen LogP contribution in [0, 0.1) is 17.2 Å². The summed E-state index contributed by atoms with van der Waals surface area (Å²) < 4.78 is 27.3. The number of carbonyl (C=O) groups excluding carboxylic acids is 1. The van der Waals surface area contributed by atoms with E-state index in [-0.39, 0.29) is 34.3 Å². The fourth-order valence-corrected chi connectivity index (χ4v) is 6.16. The summed E-state index contributed by atoms with van der Waals surface area (Å²) in [4.78, 5) is 17.1. The standard InChI is InChI=1S/C24H31N5O4S/c1-17-14-27(24(31)29(15-17)20-4-2-3-19(13-20)23(25)26)16-18-9-11-28(12-10-18)34(32,33)22-7-5-21(30)6-8-22/h2-8,13,17-18,30H,9-12,14-16H2,1H3,(H3,25,26). The average Bonchev–Trinajstić information content (AvgIpc) is 2.82. The second-order valence-corrected chi connectivity index (χ2v) is 11.1. The molecule has 2 aromatic rings. The summed E-state index contributed by atoms with van der Waals surface area (Å²) in [6, 6.07) is 12.7. The number of nitrogens with two attached hydrogens (primary N) is 1. The van der Waals surface area contributed by atoms with E-state index in [1.165, 1.54) is 28.6 Å². The molecular formula is C24H31N5O4S. The van der Waals surface area contributed by atoms with E-state index < -0.39 is 10.0 Å². The van der Waals surface area contributed by atoms with Gasteiger partial charge in [0.05, 0.1) is 4.90 Å². The molecule has 0 aliphatic carbocycles. The Morgan fingerprint density at radius 1 is 1.12 bits per heavy atom. The molecule has 4 N–H and O–H groups in total. The number of urea groups is 1. The molecule has 10 heteroatoms. The molecule has 0 radical (unpaired) electrons. The topological polar surface area (TPSA) is 131 Å². The molecule has 0 spiro atoms. The number of anilines is 1. The Bertz CT molecular complexity index is 1160. The van der Waals surface area contributed by atoms with E-state index >= 15 is 0 Å². The van der Waals surface area contributed by atoms with Gasteiger partial charge in [0, 0.05) is 44.0 Å². The molecule has 2 aliphatic rings. The largest absolute Gasteiger partial charge is 0.508 e. The number of sulfonamides is 1. The van der Waals surface area contributed by atoms with Crippen molar-refractivity contribution in [3.63, 3.8) is 0 Å². The van der Waals surface area contributed by atoms with E-state index in [9.17, 15) is 18.3 Å². The van der Waals surface area contributed by atoms with Gasteiger partial charge in [0.1, 0.15) is 11.6 Å². The van der Waals surface area contributed by atoms with Crippen LogP contribution in [-0.2, 0) is 10.0 Å². The number of carbonyl (C=O) groups is 1. The highest BCUT2D eigenvalue weighted by atomic mass is 32.2. The lowest BCUT2D eigenvalue weighted by Crippen LogP contribution is -2.55. The Morgan fingerprint density at radius 3 is 2.44 bits per heavy atom. The van der Waals surface area contributed by atoms with Gasteiger partial charge >= 0.3 is 6.03 Å².